The lowest BCUT2D eigenvalue weighted by Crippen LogP contribution is -2.58. The van der Waals surface area contributed by atoms with Gasteiger partial charge in [0.25, 0.3) is 0 Å². The third kappa shape index (κ3) is 14.2. The molecule has 0 saturated carbocycles. The Morgan fingerprint density at radius 1 is 0.951 bits per heavy atom. The fraction of sp³-hybridized carbons (Fsp3) is 0.508. The average Bonchev–Trinajstić information content (AvgIpc) is 4.20. The van der Waals surface area contributed by atoms with Crippen LogP contribution in [0.25, 0.3) is 21.2 Å². The topological polar surface area (TPSA) is 239 Å². The van der Waals surface area contributed by atoms with E-state index in [1.807, 2.05) is 89.5 Å². The number of benzene rings is 3. The molecule has 4 aliphatic rings. The molecule has 0 radical (unpaired) electrons. The number of rotatable bonds is 20. The number of nitrogens with one attached hydrogen (secondary N) is 2. The molecular formula is C61H77N11O9S. The summed E-state index contributed by atoms with van der Waals surface area (Å²) < 4.78 is 18.5. The second kappa shape index (κ2) is 26.4. The van der Waals surface area contributed by atoms with Gasteiger partial charge < -0.3 is 54.7 Å². The van der Waals surface area contributed by atoms with Crippen LogP contribution in [0.5, 0.6) is 11.8 Å². The Balaban J connectivity index is 0.742. The first kappa shape index (κ1) is 59.4. The van der Waals surface area contributed by atoms with Crippen molar-refractivity contribution in [3.63, 3.8) is 0 Å². The van der Waals surface area contributed by atoms with Crippen LogP contribution >= 0.6 is 11.3 Å². The van der Waals surface area contributed by atoms with Gasteiger partial charge in [-0.05, 0) is 74.1 Å². The maximum Gasteiger partial charge on any atom is 0.318 e. The van der Waals surface area contributed by atoms with Gasteiger partial charge in [-0.2, -0.15) is 15.2 Å². The van der Waals surface area contributed by atoms with Gasteiger partial charge in [0.2, 0.25) is 23.6 Å². The maximum absolute atomic E-state index is 14.2. The van der Waals surface area contributed by atoms with Gasteiger partial charge in [-0.1, -0.05) is 75.9 Å². The molecule has 3 aromatic carbocycles. The summed E-state index contributed by atoms with van der Waals surface area (Å²) in [7, 11) is 0. The Labute approximate surface area is 484 Å². The highest BCUT2D eigenvalue weighted by Crippen LogP contribution is 2.38. The SMILES string of the molecule is C=CC(=O)N1CCN(c2nc(O[C@H](C)CN3CCC(OCCOCC(=O)N[C@H](C(=O)N4C[C@H](O)C[C@H]4C(=O)N[C@@H](C)c4ccc(-c5scnc5C)cc4)C(C)(C)C)CC3)nc3c2CCN(c2cc(O)cc4ccccc24)C3)C[C@@H]1CC#N. The molecular weight excluding hydrogens is 1060 g/mol. The van der Waals surface area contributed by atoms with Crippen LogP contribution in [0.3, 0.4) is 0 Å². The summed E-state index contributed by atoms with van der Waals surface area (Å²) >= 11 is 1.57. The zero-order valence-corrected chi connectivity index (χ0v) is 48.7. The number of nitriles is 1. The number of nitrogens with zero attached hydrogens (tertiary/aromatic N) is 9. The normalized spacial score (nSPS) is 20.0. The summed E-state index contributed by atoms with van der Waals surface area (Å²) in [5.74, 6) is -0.571. The summed E-state index contributed by atoms with van der Waals surface area (Å²) in [5, 5.41) is 39.1. The molecule has 5 aromatic rings. The number of phenolic OH excluding ortho intramolecular Hbond substituents is 1. The number of likely N-dealkylation sites (tertiary alicyclic amines) is 2. The van der Waals surface area contributed by atoms with E-state index in [1.165, 1.54) is 11.0 Å². The van der Waals surface area contributed by atoms with Crippen LogP contribution in [0.15, 0.2) is 78.8 Å². The predicted octanol–water partition coefficient (Wildman–Crippen LogP) is 6.08. The van der Waals surface area contributed by atoms with Crippen LogP contribution in [-0.2, 0) is 41.6 Å². The number of aryl methyl sites for hydroxylation is 1. The number of piperazine rings is 1. The highest BCUT2D eigenvalue weighted by Gasteiger charge is 2.45. The molecule has 9 rings (SSSR count). The number of hydrogen-bond donors (Lipinski definition) is 4. The van der Waals surface area contributed by atoms with Crippen molar-refractivity contribution in [3.8, 4) is 28.3 Å². The van der Waals surface area contributed by atoms with Crippen molar-refractivity contribution in [2.75, 3.05) is 82.0 Å². The summed E-state index contributed by atoms with van der Waals surface area (Å²) in [5.41, 5.74) is 6.72. The molecule has 21 heteroatoms. The number of anilines is 2. The first-order valence-corrected chi connectivity index (χ1v) is 29.3. The number of amides is 4. The lowest BCUT2D eigenvalue weighted by Gasteiger charge is -2.42. The van der Waals surface area contributed by atoms with Gasteiger partial charge >= 0.3 is 6.01 Å². The van der Waals surface area contributed by atoms with Crippen LogP contribution < -0.4 is 25.2 Å². The first-order valence-electron chi connectivity index (χ1n) is 28.5. The third-order valence-electron chi connectivity index (χ3n) is 16.0. The van der Waals surface area contributed by atoms with Crippen LogP contribution in [0.2, 0.25) is 0 Å². The summed E-state index contributed by atoms with van der Waals surface area (Å²) in [6, 6.07) is 19.4. The standard InChI is InChI=1S/C61H77N11O9S/c1-8-54(76)71-26-25-70(33-44(71)17-21-62)57-49-20-24-69(51-30-45(73)29-43-11-9-10-12-48(43)51)35-50(49)65-60(67-57)81-38(2)32-68-22-18-47(19-23-68)80-28-27-79-36-53(75)66-56(61(5,6)7)59(78)72-34-46(74)31-52(72)58(77)64-39(3)41-13-15-42(16-14-41)55-40(4)63-37-82-55/h8-16,29-30,37-39,44,46-47,52,56,73-74H,1,17-20,22-28,31-36H2,2-7H3,(H,64,77)(H,66,75)/t38-,39+,44+,46-,52+,56-/m1/s1. The molecule has 3 saturated heterocycles. The molecule has 82 heavy (non-hydrogen) atoms. The second-order valence-electron chi connectivity index (χ2n) is 23.0. The molecule has 436 valence electrons. The molecule has 6 atom stereocenters. The Morgan fingerprint density at radius 2 is 1.72 bits per heavy atom. The molecule has 0 aliphatic carbocycles. The van der Waals surface area contributed by atoms with Crippen LogP contribution in [0.1, 0.15) is 88.9 Å². The molecule has 0 bridgehead atoms. The number of fused-ring (bicyclic) bond motifs is 2. The van der Waals surface area contributed by atoms with Crippen LogP contribution in [0.4, 0.5) is 11.5 Å². The van der Waals surface area contributed by atoms with Crippen molar-refractivity contribution in [3.05, 3.63) is 101 Å². The summed E-state index contributed by atoms with van der Waals surface area (Å²) in [6.45, 7) is 19.9. The van der Waals surface area contributed by atoms with Crippen molar-refractivity contribution >= 4 is 57.2 Å². The van der Waals surface area contributed by atoms with E-state index < -0.39 is 35.4 Å². The lowest BCUT2D eigenvalue weighted by atomic mass is 9.85. The van der Waals surface area contributed by atoms with Gasteiger partial charge in [0, 0.05) is 81.5 Å². The van der Waals surface area contributed by atoms with Crippen molar-refractivity contribution in [1.29, 1.82) is 5.26 Å². The van der Waals surface area contributed by atoms with E-state index in [0.29, 0.717) is 45.7 Å². The van der Waals surface area contributed by atoms with Gasteiger partial charge in [0.15, 0.2) is 0 Å². The zero-order chi connectivity index (χ0) is 58.2. The number of aliphatic hydroxyl groups excluding tert-OH is 1. The molecule has 20 nitrogen and oxygen atoms in total. The minimum absolute atomic E-state index is 0.000949. The fourth-order valence-corrected chi connectivity index (χ4v) is 12.5. The number of β-amino-alcohol motifs (C(OH)–C–C–N with tert-alkyl or cyclic N) is 1. The van der Waals surface area contributed by atoms with E-state index in [9.17, 15) is 34.7 Å². The lowest BCUT2D eigenvalue weighted by molar-refractivity contribution is -0.144. The largest absolute Gasteiger partial charge is 0.508 e. The number of aromatic nitrogens is 3. The number of aromatic hydroxyl groups is 1. The molecule has 3 fully saturated rings. The van der Waals surface area contributed by atoms with E-state index in [0.717, 1.165) is 81.2 Å². The number of phenols is 1. The predicted molar refractivity (Wildman–Crippen MR) is 313 cm³/mol. The van der Waals surface area contributed by atoms with Gasteiger partial charge in [-0.3, -0.25) is 24.1 Å². The number of carbonyl (C=O) groups is 4. The van der Waals surface area contributed by atoms with Gasteiger partial charge in [0.1, 0.15) is 36.4 Å². The first-order chi connectivity index (χ1) is 39.4. The number of ether oxygens (including phenoxy) is 3. The number of thiazole rings is 1. The van der Waals surface area contributed by atoms with Crippen molar-refractivity contribution in [1.82, 2.24) is 40.3 Å². The van der Waals surface area contributed by atoms with Crippen LogP contribution in [0, 0.1) is 23.7 Å². The van der Waals surface area contributed by atoms with Crippen molar-refractivity contribution in [2.24, 2.45) is 5.41 Å². The Kier molecular flexibility index (Phi) is 19.1. The van der Waals surface area contributed by atoms with Gasteiger partial charge in [-0.25, -0.2) is 4.98 Å². The molecule has 4 aliphatic heterocycles. The molecule has 0 spiro atoms. The Hall–Kier alpha value is -7.22. The average molecular weight is 1140 g/mol. The smallest absolute Gasteiger partial charge is 0.318 e. The second-order valence-corrected chi connectivity index (χ2v) is 23.9. The molecule has 6 heterocycles. The van der Waals surface area contributed by atoms with Crippen molar-refractivity contribution < 1.29 is 43.6 Å². The fourth-order valence-electron chi connectivity index (χ4n) is 11.7. The quantitative estimate of drug-likeness (QED) is 0.0510. The zero-order valence-electron chi connectivity index (χ0n) is 47.9. The Bertz CT molecular complexity index is 3140. The maximum atomic E-state index is 14.2. The van der Waals surface area contributed by atoms with Crippen molar-refractivity contribution in [2.45, 2.75) is 123 Å². The number of carbonyl (C=O) groups excluding carboxylic acids is 4. The molecule has 4 amide bonds. The monoisotopic (exact) mass is 1140 g/mol. The highest BCUT2D eigenvalue weighted by molar-refractivity contribution is 7.13. The molecule has 2 aromatic heterocycles. The summed E-state index contributed by atoms with van der Waals surface area (Å²) in [4.78, 5) is 79.4. The van der Waals surface area contributed by atoms with E-state index in [4.69, 9.17) is 24.2 Å². The van der Waals surface area contributed by atoms with Gasteiger partial charge in [-0.15, -0.1) is 11.3 Å². The van der Waals surface area contributed by atoms with Gasteiger partial charge in [0.05, 0.1) is 78.3 Å². The highest BCUT2D eigenvalue weighted by atomic mass is 32.1. The third-order valence-corrected chi connectivity index (χ3v) is 17.0. The molecule has 0 unspecified atom stereocenters. The molecule has 4 N–H and O–H groups in total. The number of piperidine rings is 1. The van der Waals surface area contributed by atoms with E-state index >= 15 is 0 Å². The Morgan fingerprint density at radius 3 is 2.44 bits per heavy atom. The summed E-state index contributed by atoms with van der Waals surface area (Å²) in [6.07, 6.45) is 2.60. The van der Waals surface area contributed by atoms with Crippen LogP contribution in [-0.4, -0.2) is 172 Å². The van der Waals surface area contributed by atoms with E-state index in [2.05, 4.69) is 49.0 Å². The van der Waals surface area contributed by atoms with E-state index in [1.54, 1.807) is 28.4 Å². The van der Waals surface area contributed by atoms with E-state index in [-0.39, 0.29) is 87.1 Å². The number of hydrogen-bond acceptors (Lipinski definition) is 17. The number of aliphatic hydroxyl groups is 1. The minimum atomic E-state index is -0.988. The minimum Gasteiger partial charge on any atom is -0.508 e.